The van der Waals surface area contributed by atoms with Crippen LogP contribution in [0.4, 0.5) is 0 Å². The Morgan fingerprint density at radius 2 is 1.00 bits per heavy atom. The molecular weight excluding hydrogens is 344 g/mol. The van der Waals surface area contributed by atoms with Gasteiger partial charge >= 0.3 is 11.9 Å². The van der Waals surface area contributed by atoms with E-state index in [-0.39, 0.29) is 13.2 Å². The molecule has 0 radical (unpaired) electrons. The van der Waals surface area contributed by atoms with E-state index in [1.54, 1.807) is 0 Å². The van der Waals surface area contributed by atoms with E-state index < -0.39 is 40.8 Å². The van der Waals surface area contributed by atoms with Crippen LogP contribution in [0.5, 0.6) is 0 Å². The summed E-state index contributed by atoms with van der Waals surface area (Å²) in [5, 5.41) is 0. The molecule has 0 fully saturated rings. The summed E-state index contributed by atoms with van der Waals surface area (Å²) >= 11 is 0. The van der Waals surface area contributed by atoms with Gasteiger partial charge in [-0.25, -0.2) is 9.59 Å². The van der Waals surface area contributed by atoms with E-state index >= 15 is 0 Å². The van der Waals surface area contributed by atoms with Crippen molar-refractivity contribution in [3.8, 4) is 0 Å². The molecule has 0 aromatic heterocycles. The molecule has 0 spiro atoms. The molecule has 2 unspecified atom stereocenters. The lowest BCUT2D eigenvalue weighted by molar-refractivity contribution is -0.170. The Bertz CT molecular complexity index is 362. The van der Waals surface area contributed by atoms with E-state index in [0.29, 0.717) is 12.8 Å². The first-order chi connectivity index (χ1) is 10.9. The number of hydrogen-bond donors (Lipinski definition) is 0. The molecule has 0 saturated carbocycles. The van der Waals surface area contributed by atoms with Crippen LogP contribution in [0.25, 0.3) is 0 Å². The van der Waals surface area contributed by atoms with Crippen LogP contribution in [0.15, 0.2) is 0 Å². The van der Waals surface area contributed by atoms with Gasteiger partial charge in [0.05, 0.1) is 13.2 Å². The molecular formula is C16H34O6Si2. The van der Waals surface area contributed by atoms with Gasteiger partial charge in [0, 0.05) is 0 Å². The van der Waals surface area contributed by atoms with Gasteiger partial charge in [0.1, 0.15) is 0 Å². The van der Waals surface area contributed by atoms with Gasteiger partial charge in [-0.3, -0.25) is 0 Å². The molecule has 0 heterocycles. The summed E-state index contributed by atoms with van der Waals surface area (Å²) in [4.78, 5) is 25.0. The molecule has 0 rings (SSSR count). The normalized spacial score (nSPS) is 14.8. The molecule has 0 aliphatic heterocycles. The topological polar surface area (TPSA) is 71.1 Å². The molecule has 0 N–H and O–H groups in total. The molecule has 6 nitrogen and oxygen atoms in total. The Hall–Kier alpha value is -0.706. The highest BCUT2D eigenvalue weighted by Crippen LogP contribution is 2.19. The summed E-state index contributed by atoms with van der Waals surface area (Å²) in [6, 6.07) is 0. The summed E-state index contributed by atoms with van der Waals surface area (Å²) in [7, 11) is -4.22. The van der Waals surface area contributed by atoms with Crippen LogP contribution in [0.2, 0.25) is 39.3 Å². The van der Waals surface area contributed by atoms with Gasteiger partial charge < -0.3 is 18.3 Å². The molecule has 24 heavy (non-hydrogen) atoms. The van der Waals surface area contributed by atoms with Gasteiger partial charge in [0.2, 0.25) is 0 Å². The second-order valence-corrected chi connectivity index (χ2v) is 16.6. The van der Waals surface area contributed by atoms with Gasteiger partial charge in [0.15, 0.2) is 28.8 Å². The fraction of sp³-hybridized carbons (Fsp3) is 0.875. The Balaban J connectivity index is 5.50. The highest BCUT2D eigenvalue weighted by molar-refractivity contribution is 6.70. The first kappa shape index (κ1) is 23.3. The van der Waals surface area contributed by atoms with Crippen LogP contribution in [-0.4, -0.2) is 54.0 Å². The van der Waals surface area contributed by atoms with E-state index in [2.05, 4.69) is 0 Å². The third kappa shape index (κ3) is 10.2. The predicted octanol–water partition coefficient (Wildman–Crippen LogP) is 3.33. The van der Waals surface area contributed by atoms with Crippen molar-refractivity contribution in [2.24, 2.45) is 0 Å². The van der Waals surface area contributed by atoms with E-state index in [1.165, 1.54) is 0 Å². The van der Waals surface area contributed by atoms with Gasteiger partial charge in [0.25, 0.3) is 0 Å². The number of rotatable bonds is 11. The third-order valence-corrected chi connectivity index (χ3v) is 4.52. The minimum Gasteiger partial charge on any atom is -0.464 e. The highest BCUT2D eigenvalue weighted by Gasteiger charge is 2.42. The maximum atomic E-state index is 12.5. The van der Waals surface area contributed by atoms with E-state index in [4.69, 9.17) is 18.3 Å². The molecule has 0 aliphatic carbocycles. The second-order valence-electron chi connectivity index (χ2n) is 7.64. The van der Waals surface area contributed by atoms with E-state index in [9.17, 15) is 9.59 Å². The van der Waals surface area contributed by atoms with Crippen molar-refractivity contribution in [1.29, 1.82) is 0 Å². The quantitative estimate of drug-likeness (QED) is 0.406. The molecule has 0 bridgehead atoms. The van der Waals surface area contributed by atoms with Crippen molar-refractivity contribution in [2.75, 3.05) is 13.2 Å². The molecule has 142 valence electrons. The predicted molar refractivity (Wildman–Crippen MR) is 98.9 cm³/mol. The second kappa shape index (κ2) is 10.3. The zero-order valence-electron chi connectivity index (χ0n) is 16.4. The lowest BCUT2D eigenvalue weighted by Crippen LogP contribution is -2.53. The molecule has 0 aromatic rings. The fourth-order valence-corrected chi connectivity index (χ4v) is 3.76. The van der Waals surface area contributed by atoms with E-state index in [0.717, 1.165) is 0 Å². The largest absolute Gasteiger partial charge is 0.464 e. The maximum absolute atomic E-state index is 12.5. The molecule has 0 aliphatic rings. The van der Waals surface area contributed by atoms with Gasteiger partial charge in [-0.15, -0.1) is 0 Å². The highest BCUT2D eigenvalue weighted by atomic mass is 28.4. The van der Waals surface area contributed by atoms with Gasteiger partial charge in [-0.05, 0) is 52.1 Å². The standard InChI is InChI=1S/C16H34O6Si2/c1-9-11-19-15(17)13(21-23(3,4)5)14(22-24(6,7)8)16(18)20-12-10-2/h13-14H,9-12H2,1-8H3. The molecule has 8 heteroatoms. The summed E-state index contributed by atoms with van der Waals surface area (Å²) < 4.78 is 22.4. The summed E-state index contributed by atoms with van der Waals surface area (Å²) in [5.41, 5.74) is 0. The summed E-state index contributed by atoms with van der Waals surface area (Å²) in [6.07, 6.45) is -0.769. The number of carbonyl (C=O) groups is 2. The van der Waals surface area contributed by atoms with Crippen molar-refractivity contribution in [3.05, 3.63) is 0 Å². The minimum absolute atomic E-state index is 0.286. The minimum atomic E-state index is -2.11. The van der Waals surface area contributed by atoms with Crippen LogP contribution in [0, 0.1) is 0 Å². The van der Waals surface area contributed by atoms with Crippen molar-refractivity contribution in [2.45, 2.75) is 78.2 Å². The molecule has 0 aromatic carbocycles. The van der Waals surface area contributed by atoms with Crippen molar-refractivity contribution in [3.63, 3.8) is 0 Å². The zero-order valence-corrected chi connectivity index (χ0v) is 18.4. The van der Waals surface area contributed by atoms with E-state index in [1.807, 2.05) is 53.1 Å². The van der Waals surface area contributed by atoms with Crippen molar-refractivity contribution < 1.29 is 27.9 Å². The Kier molecular flexibility index (Phi) is 10.0. The summed E-state index contributed by atoms with van der Waals surface area (Å²) in [6.45, 7) is 16.1. The van der Waals surface area contributed by atoms with Crippen LogP contribution in [0.3, 0.4) is 0 Å². The number of carbonyl (C=O) groups excluding carboxylic acids is 2. The monoisotopic (exact) mass is 378 g/mol. The van der Waals surface area contributed by atoms with Crippen molar-refractivity contribution >= 4 is 28.6 Å². The lowest BCUT2D eigenvalue weighted by Gasteiger charge is -2.33. The zero-order chi connectivity index (χ0) is 19.0. The van der Waals surface area contributed by atoms with Crippen LogP contribution in [0.1, 0.15) is 26.7 Å². The third-order valence-electron chi connectivity index (χ3n) is 2.60. The first-order valence-corrected chi connectivity index (χ1v) is 15.4. The van der Waals surface area contributed by atoms with Gasteiger partial charge in [-0.2, -0.15) is 0 Å². The number of esters is 2. The maximum Gasteiger partial charge on any atom is 0.337 e. The SMILES string of the molecule is CCCOC(=O)C(O[Si](C)(C)C)C(O[Si](C)(C)C)C(=O)OCCC. The Morgan fingerprint density at radius 3 is 1.21 bits per heavy atom. The molecule has 0 amide bonds. The molecule has 0 saturated heterocycles. The van der Waals surface area contributed by atoms with Crippen LogP contribution in [-0.2, 0) is 27.9 Å². The Labute approximate surface area is 148 Å². The molecule has 2 atom stereocenters. The number of ether oxygens (including phenoxy) is 2. The smallest absolute Gasteiger partial charge is 0.337 e. The van der Waals surface area contributed by atoms with Crippen LogP contribution < -0.4 is 0 Å². The van der Waals surface area contributed by atoms with Crippen molar-refractivity contribution in [1.82, 2.24) is 0 Å². The first-order valence-electron chi connectivity index (χ1n) is 8.60. The number of hydrogen-bond acceptors (Lipinski definition) is 6. The fourth-order valence-electron chi connectivity index (χ4n) is 1.80. The van der Waals surface area contributed by atoms with Crippen LogP contribution >= 0.6 is 0 Å². The van der Waals surface area contributed by atoms with Gasteiger partial charge in [-0.1, -0.05) is 13.8 Å². The lowest BCUT2D eigenvalue weighted by atomic mass is 10.2. The summed E-state index contributed by atoms with van der Waals surface area (Å²) in [5.74, 6) is -1.12. The average Bonchev–Trinajstić information content (AvgIpc) is 2.43. The Morgan fingerprint density at radius 1 is 0.708 bits per heavy atom. The average molecular weight is 379 g/mol.